The molecule has 1 aromatic rings. The molecule has 2 atom stereocenters. The monoisotopic (exact) mass is 285 g/mol. The molecule has 0 amide bonds. The summed E-state index contributed by atoms with van der Waals surface area (Å²) in [6, 6.07) is 5.22. The van der Waals surface area contributed by atoms with Crippen molar-refractivity contribution in [2.24, 2.45) is 10.9 Å². The van der Waals surface area contributed by atoms with Crippen LogP contribution in [0.15, 0.2) is 46.9 Å². The van der Waals surface area contributed by atoms with Crippen LogP contribution < -0.4 is 0 Å². The minimum absolute atomic E-state index is 0.00523. The molecule has 0 aromatic heterocycles. The van der Waals surface area contributed by atoms with E-state index in [9.17, 15) is 9.90 Å². The summed E-state index contributed by atoms with van der Waals surface area (Å²) >= 11 is 0. The van der Waals surface area contributed by atoms with E-state index in [1.54, 1.807) is 32.6 Å². The van der Waals surface area contributed by atoms with E-state index in [2.05, 4.69) is 4.99 Å². The number of methoxy groups -OCH3 is 2. The van der Waals surface area contributed by atoms with Crippen molar-refractivity contribution in [1.29, 1.82) is 0 Å². The van der Waals surface area contributed by atoms with E-state index >= 15 is 0 Å². The van der Waals surface area contributed by atoms with Crippen molar-refractivity contribution in [2.75, 3.05) is 14.2 Å². The zero-order valence-electron chi connectivity index (χ0n) is 11.7. The van der Waals surface area contributed by atoms with Gasteiger partial charge < -0.3 is 14.6 Å². The maximum Gasteiger partial charge on any atom is 0.337 e. The molecule has 1 N–H and O–H groups in total. The van der Waals surface area contributed by atoms with Crippen molar-refractivity contribution in [1.82, 2.24) is 0 Å². The molecule has 0 fully saturated rings. The van der Waals surface area contributed by atoms with E-state index in [-0.39, 0.29) is 17.4 Å². The second-order valence-electron chi connectivity index (χ2n) is 4.90. The van der Waals surface area contributed by atoms with Crippen LogP contribution in [0, 0.1) is 5.92 Å². The summed E-state index contributed by atoms with van der Waals surface area (Å²) in [7, 11) is 3.18. The Morgan fingerprint density at radius 3 is 2.57 bits per heavy atom. The number of carboxylic acids is 1. The summed E-state index contributed by atoms with van der Waals surface area (Å²) in [5.41, 5.74) is 1.63. The van der Waals surface area contributed by atoms with Crippen LogP contribution in [0.5, 0.6) is 0 Å². The van der Waals surface area contributed by atoms with E-state index in [4.69, 9.17) is 9.47 Å². The van der Waals surface area contributed by atoms with E-state index in [1.807, 2.05) is 18.2 Å². The lowest BCUT2D eigenvalue weighted by Gasteiger charge is -2.30. The lowest BCUT2D eigenvalue weighted by Crippen LogP contribution is -2.21. The van der Waals surface area contributed by atoms with Crippen molar-refractivity contribution < 1.29 is 19.4 Å². The molecule has 108 valence electrons. The third-order valence-corrected chi connectivity index (χ3v) is 3.80. The number of ether oxygens (including phenoxy) is 2. The van der Waals surface area contributed by atoms with Gasteiger partial charge >= 0.3 is 5.97 Å². The maximum absolute atomic E-state index is 11.3. The van der Waals surface area contributed by atoms with Gasteiger partial charge in [-0.2, -0.15) is 0 Å². The van der Waals surface area contributed by atoms with Crippen molar-refractivity contribution in [3.63, 3.8) is 0 Å². The first-order valence-electron chi connectivity index (χ1n) is 6.58. The number of carboxylic acid groups (broad SMARTS) is 1. The highest BCUT2D eigenvalue weighted by Crippen LogP contribution is 2.43. The molecule has 0 saturated carbocycles. The number of aromatic carboxylic acids is 1. The van der Waals surface area contributed by atoms with Gasteiger partial charge in [0.1, 0.15) is 0 Å². The molecule has 21 heavy (non-hydrogen) atoms. The first kappa shape index (κ1) is 13.4. The molecule has 5 nitrogen and oxygen atoms in total. The van der Waals surface area contributed by atoms with Gasteiger partial charge in [0.2, 0.25) is 0 Å². The van der Waals surface area contributed by atoms with Gasteiger partial charge in [-0.1, -0.05) is 12.1 Å². The Morgan fingerprint density at radius 1 is 1.19 bits per heavy atom. The molecule has 0 bridgehead atoms. The van der Waals surface area contributed by atoms with Crippen LogP contribution >= 0.6 is 0 Å². The maximum atomic E-state index is 11.3. The fraction of sp³-hybridized carbons (Fsp3) is 0.250. The van der Waals surface area contributed by atoms with Crippen LogP contribution in [0.4, 0.5) is 5.69 Å². The standard InChI is InChI=1S/C16H15NO4/c1-20-13-6-9-8-17-15-10(12(9)7-14(13)21-2)4-3-5-11(15)16(18)19/h3-9,12H,1-2H3,(H,18,19). The molecule has 1 aliphatic heterocycles. The summed E-state index contributed by atoms with van der Waals surface area (Å²) < 4.78 is 10.6. The molecule has 1 heterocycles. The average Bonchev–Trinajstić information content (AvgIpc) is 2.52. The smallest absolute Gasteiger partial charge is 0.337 e. The minimum Gasteiger partial charge on any atom is -0.493 e. The number of nitrogens with zero attached hydrogens (tertiary/aromatic N) is 1. The van der Waals surface area contributed by atoms with Gasteiger partial charge in [-0.25, -0.2) is 4.79 Å². The van der Waals surface area contributed by atoms with Gasteiger partial charge in [0.15, 0.2) is 11.5 Å². The summed E-state index contributed by atoms with van der Waals surface area (Å²) in [5.74, 6) is 0.395. The van der Waals surface area contributed by atoms with E-state index in [0.717, 1.165) is 5.56 Å². The number of rotatable bonds is 3. The molecule has 0 radical (unpaired) electrons. The number of carbonyl (C=O) groups is 1. The van der Waals surface area contributed by atoms with Gasteiger partial charge in [-0.3, -0.25) is 4.99 Å². The van der Waals surface area contributed by atoms with Crippen LogP contribution in [-0.2, 0) is 9.47 Å². The Labute approximate surface area is 122 Å². The Bertz CT molecular complexity index is 688. The van der Waals surface area contributed by atoms with Crippen LogP contribution in [0.3, 0.4) is 0 Å². The zero-order valence-corrected chi connectivity index (χ0v) is 11.7. The molecule has 2 aliphatic rings. The fourth-order valence-corrected chi connectivity index (χ4v) is 2.79. The normalized spacial score (nSPS) is 22.6. The molecule has 0 spiro atoms. The van der Waals surface area contributed by atoms with Gasteiger partial charge in [-0.15, -0.1) is 0 Å². The van der Waals surface area contributed by atoms with Gasteiger partial charge in [0, 0.05) is 18.1 Å². The largest absolute Gasteiger partial charge is 0.493 e. The molecule has 1 aliphatic carbocycles. The van der Waals surface area contributed by atoms with E-state index < -0.39 is 5.97 Å². The van der Waals surface area contributed by atoms with Crippen LogP contribution in [0.2, 0.25) is 0 Å². The first-order valence-corrected chi connectivity index (χ1v) is 6.58. The first-order chi connectivity index (χ1) is 10.2. The predicted molar refractivity (Wildman–Crippen MR) is 78.0 cm³/mol. The quantitative estimate of drug-likeness (QED) is 0.927. The average molecular weight is 285 g/mol. The summed E-state index contributed by atoms with van der Waals surface area (Å²) in [5, 5.41) is 9.27. The Kier molecular flexibility index (Phi) is 3.25. The number of para-hydroxylation sites is 1. The van der Waals surface area contributed by atoms with E-state index in [0.29, 0.717) is 17.2 Å². The molecular formula is C16H15NO4. The Morgan fingerprint density at radius 2 is 1.90 bits per heavy atom. The van der Waals surface area contributed by atoms with Crippen molar-refractivity contribution >= 4 is 17.9 Å². The Balaban J connectivity index is 2.12. The van der Waals surface area contributed by atoms with Crippen LogP contribution in [0.25, 0.3) is 0 Å². The lowest BCUT2D eigenvalue weighted by atomic mass is 9.79. The third kappa shape index (κ3) is 2.11. The highest BCUT2D eigenvalue weighted by atomic mass is 16.5. The topological polar surface area (TPSA) is 68.1 Å². The summed E-state index contributed by atoms with van der Waals surface area (Å²) in [4.78, 5) is 15.6. The summed E-state index contributed by atoms with van der Waals surface area (Å²) in [6.07, 6.45) is 5.67. The molecule has 2 unspecified atom stereocenters. The number of benzene rings is 1. The number of aliphatic imine (C=N–C) groups is 1. The molecular weight excluding hydrogens is 270 g/mol. The second kappa shape index (κ2) is 5.09. The fourth-order valence-electron chi connectivity index (χ4n) is 2.79. The zero-order chi connectivity index (χ0) is 15.0. The van der Waals surface area contributed by atoms with Crippen molar-refractivity contribution in [2.45, 2.75) is 5.92 Å². The molecule has 0 saturated heterocycles. The van der Waals surface area contributed by atoms with Crippen molar-refractivity contribution in [3.05, 3.63) is 53.0 Å². The van der Waals surface area contributed by atoms with Gasteiger partial charge in [0.25, 0.3) is 0 Å². The highest BCUT2D eigenvalue weighted by Gasteiger charge is 2.32. The summed E-state index contributed by atoms with van der Waals surface area (Å²) in [6.45, 7) is 0. The highest BCUT2D eigenvalue weighted by molar-refractivity contribution is 5.96. The van der Waals surface area contributed by atoms with Crippen LogP contribution in [0.1, 0.15) is 21.8 Å². The predicted octanol–water partition coefficient (Wildman–Crippen LogP) is 2.87. The molecule has 3 rings (SSSR count). The van der Waals surface area contributed by atoms with Gasteiger partial charge in [-0.05, 0) is 23.8 Å². The second-order valence-corrected chi connectivity index (χ2v) is 4.90. The van der Waals surface area contributed by atoms with Crippen LogP contribution in [-0.4, -0.2) is 31.5 Å². The third-order valence-electron chi connectivity index (χ3n) is 3.80. The number of hydrogen-bond acceptors (Lipinski definition) is 4. The SMILES string of the molecule is COC1=CC2C=Nc3c(C(=O)O)cccc3C2C=C1OC. The number of hydrogen-bond donors (Lipinski definition) is 1. The van der Waals surface area contributed by atoms with E-state index in [1.165, 1.54) is 0 Å². The van der Waals surface area contributed by atoms with Crippen molar-refractivity contribution in [3.8, 4) is 0 Å². The van der Waals surface area contributed by atoms with Gasteiger partial charge in [0.05, 0.1) is 25.5 Å². The Hall–Kier alpha value is -2.56. The molecule has 1 aromatic carbocycles. The lowest BCUT2D eigenvalue weighted by molar-refractivity contribution is 0.0697. The molecule has 5 heteroatoms. The number of fused-ring (bicyclic) bond motifs is 3. The minimum atomic E-state index is -0.970. The number of allylic oxidation sites excluding steroid dienone is 2.